The second-order valence-corrected chi connectivity index (χ2v) is 8.07. The van der Waals surface area contributed by atoms with E-state index in [0.717, 1.165) is 10.0 Å². The summed E-state index contributed by atoms with van der Waals surface area (Å²) in [6.07, 6.45) is 0. The number of benzene rings is 2. The average Bonchev–Trinajstić information content (AvgIpc) is 2.64. The Morgan fingerprint density at radius 1 is 1.21 bits per heavy atom. The molecule has 2 aromatic carbocycles. The predicted octanol–water partition coefficient (Wildman–Crippen LogP) is 4.57. The number of hydrazone groups is 1. The highest BCUT2D eigenvalue weighted by Gasteiger charge is 2.15. The first-order valence-corrected chi connectivity index (χ1v) is 9.38. The lowest BCUT2D eigenvalue weighted by Gasteiger charge is -2.20. The van der Waals surface area contributed by atoms with Crippen molar-refractivity contribution in [2.24, 2.45) is 5.10 Å². The number of nitro groups is 1. The highest BCUT2D eigenvalue weighted by molar-refractivity contribution is 9.10. The molecule has 0 spiro atoms. The summed E-state index contributed by atoms with van der Waals surface area (Å²) >= 11 is 3.47. The van der Waals surface area contributed by atoms with Crippen LogP contribution in [0, 0.1) is 10.1 Å². The topological polar surface area (TPSA) is 93.8 Å². The molecule has 0 heterocycles. The largest absolute Gasteiger partial charge is 0.483 e. The molecular formula is C20H22BrN3O4. The molecule has 0 radical (unpaired) electrons. The number of halogens is 1. The quantitative estimate of drug-likeness (QED) is 0.398. The summed E-state index contributed by atoms with van der Waals surface area (Å²) < 4.78 is 6.32. The summed E-state index contributed by atoms with van der Waals surface area (Å²) in [6, 6.07) is 11.7. The number of rotatable bonds is 6. The van der Waals surface area contributed by atoms with Crippen LogP contribution in [0.4, 0.5) is 5.69 Å². The van der Waals surface area contributed by atoms with Crippen LogP contribution in [0.25, 0.3) is 0 Å². The van der Waals surface area contributed by atoms with E-state index in [1.54, 1.807) is 19.1 Å². The van der Waals surface area contributed by atoms with E-state index in [-0.39, 0.29) is 17.7 Å². The number of amides is 1. The summed E-state index contributed by atoms with van der Waals surface area (Å²) in [4.78, 5) is 22.2. The van der Waals surface area contributed by atoms with Gasteiger partial charge in [-0.2, -0.15) is 5.10 Å². The third-order valence-corrected chi connectivity index (χ3v) is 4.62. The summed E-state index contributed by atoms with van der Waals surface area (Å²) in [5, 5.41) is 14.7. The Balaban J connectivity index is 1.93. The fourth-order valence-electron chi connectivity index (χ4n) is 2.30. The van der Waals surface area contributed by atoms with Gasteiger partial charge in [-0.25, -0.2) is 5.43 Å². The van der Waals surface area contributed by atoms with Crippen LogP contribution < -0.4 is 10.2 Å². The van der Waals surface area contributed by atoms with Gasteiger partial charge in [0.25, 0.3) is 11.6 Å². The van der Waals surface area contributed by atoms with Crippen LogP contribution in [-0.4, -0.2) is 23.1 Å². The van der Waals surface area contributed by atoms with Gasteiger partial charge in [-0.05, 0) is 63.7 Å². The Morgan fingerprint density at radius 3 is 2.39 bits per heavy atom. The number of hydrogen-bond acceptors (Lipinski definition) is 5. The number of carbonyl (C=O) groups excluding carboxylic acids is 1. The maximum absolute atomic E-state index is 12.0. The van der Waals surface area contributed by atoms with E-state index >= 15 is 0 Å². The second kappa shape index (κ2) is 8.97. The van der Waals surface area contributed by atoms with Crippen molar-refractivity contribution in [1.82, 2.24) is 5.43 Å². The van der Waals surface area contributed by atoms with Crippen LogP contribution in [0.3, 0.4) is 0 Å². The van der Waals surface area contributed by atoms with E-state index < -0.39 is 10.8 Å². The Labute approximate surface area is 172 Å². The fourth-order valence-corrected chi connectivity index (χ4v) is 2.79. The zero-order chi connectivity index (χ0) is 20.9. The average molecular weight is 448 g/mol. The first-order valence-electron chi connectivity index (χ1n) is 8.58. The van der Waals surface area contributed by atoms with Gasteiger partial charge in [-0.15, -0.1) is 0 Å². The van der Waals surface area contributed by atoms with Crippen LogP contribution in [0.15, 0.2) is 52.0 Å². The molecule has 0 aliphatic carbocycles. The molecule has 1 N–H and O–H groups in total. The lowest BCUT2D eigenvalue weighted by atomic mass is 9.87. The van der Waals surface area contributed by atoms with Crippen LogP contribution in [0.2, 0.25) is 0 Å². The number of non-ortho nitro benzene ring substituents is 1. The molecule has 28 heavy (non-hydrogen) atoms. The molecule has 0 atom stereocenters. The van der Waals surface area contributed by atoms with Gasteiger partial charge in [0.05, 0.1) is 15.1 Å². The van der Waals surface area contributed by atoms with Crippen molar-refractivity contribution in [2.75, 3.05) is 6.61 Å². The lowest BCUT2D eigenvalue weighted by Crippen LogP contribution is -2.25. The minimum absolute atomic E-state index is 0.00274. The van der Waals surface area contributed by atoms with Gasteiger partial charge in [0, 0.05) is 12.1 Å². The van der Waals surface area contributed by atoms with Crippen molar-refractivity contribution in [3.8, 4) is 5.75 Å². The predicted molar refractivity (Wildman–Crippen MR) is 112 cm³/mol. The van der Waals surface area contributed by atoms with Crippen molar-refractivity contribution < 1.29 is 14.5 Å². The van der Waals surface area contributed by atoms with Crippen molar-refractivity contribution in [3.05, 3.63) is 68.2 Å². The van der Waals surface area contributed by atoms with Crippen LogP contribution >= 0.6 is 15.9 Å². The molecule has 0 aliphatic rings. The molecule has 0 saturated carbocycles. The third kappa shape index (κ3) is 5.88. The van der Waals surface area contributed by atoms with Crippen molar-refractivity contribution in [3.63, 3.8) is 0 Å². The van der Waals surface area contributed by atoms with Crippen LogP contribution in [-0.2, 0) is 10.2 Å². The summed E-state index contributed by atoms with van der Waals surface area (Å²) in [7, 11) is 0. The van der Waals surface area contributed by atoms with Gasteiger partial charge in [-0.3, -0.25) is 14.9 Å². The number of ether oxygens (including phenoxy) is 1. The minimum atomic E-state index is -0.471. The van der Waals surface area contributed by atoms with E-state index in [2.05, 4.69) is 47.2 Å². The van der Waals surface area contributed by atoms with Gasteiger partial charge in [0.1, 0.15) is 5.75 Å². The SMILES string of the molecule is C/C(=N\NC(=O)COc1ccc(C(C)(C)C)cc1Br)c1ccc([N+](=O)[O-])cc1. The summed E-state index contributed by atoms with van der Waals surface area (Å²) in [5.41, 5.74) is 4.78. The van der Waals surface area contributed by atoms with Crippen molar-refractivity contribution in [2.45, 2.75) is 33.1 Å². The first-order chi connectivity index (χ1) is 13.1. The number of nitro benzene ring substituents is 1. The first kappa shape index (κ1) is 21.6. The van der Waals surface area contributed by atoms with E-state index in [1.807, 2.05) is 18.2 Å². The molecule has 0 aromatic heterocycles. The second-order valence-electron chi connectivity index (χ2n) is 7.22. The van der Waals surface area contributed by atoms with Crippen molar-refractivity contribution >= 4 is 33.2 Å². The van der Waals surface area contributed by atoms with Crippen LogP contribution in [0.1, 0.15) is 38.8 Å². The molecule has 2 rings (SSSR count). The van der Waals surface area contributed by atoms with E-state index in [9.17, 15) is 14.9 Å². The molecule has 0 saturated heterocycles. The molecule has 1 amide bonds. The molecule has 2 aromatic rings. The number of nitrogens with one attached hydrogen (secondary N) is 1. The maximum atomic E-state index is 12.0. The molecule has 0 aliphatic heterocycles. The van der Waals surface area contributed by atoms with Gasteiger partial charge in [-0.1, -0.05) is 26.8 Å². The Bertz CT molecular complexity index is 903. The lowest BCUT2D eigenvalue weighted by molar-refractivity contribution is -0.384. The standard InChI is InChI=1S/C20H22BrN3O4/c1-13(14-5-8-16(9-6-14)24(26)27)22-23-19(25)12-28-18-10-7-15(11-17(18)21)20(2,3)4/h5-11H,12H2,1-4H3,(H,23,25)/b22-13+. The molecule has 8 heteroatoms. The van der Waals surface area contributed by atoms with Crippen molar-refractivity contribution in [1.29, 1.82) is 0 Å². The number of carbonyl (C=O) groups is 1. The number of hydrogen-bond donors (Lipinski definition) is 1. The smallest absolute Gasteiger partial charge is 0.277 e. The summed E-state index contributed by atoms with van der Waals surface area (Å²) in [6.45, 7) is 7.87. The highest BCUT2D eigenvalue weighted by Crippen LogP contribution is 2.31. The van der Waals surface area contributed by atoms with Gasteiger partial charge >= 0.3 is 0 Å². The molecule has 0 fully saturated rings. The normalized spacial score (nSPS) is 11.8. The van der Waals surface area contributed by atoms with E-state index in [4.69, 9.17) is 4.74 Å². The van der Waals surface area contributed by atoms with Gasteiger partial charge in [0.15, 0.2) is 6.61 Å². The highest BCUT2D eigenvalue weighted by atomic mass is 79.9. The monoisotopic (exact) mass is 447 g/mol. The molecular weight excluding hydrogens is 426 g/mol. The zero-order valence-corrected chi connectivity index (χ0v) is 17.7. The summed E-state index contributed by atoms with van der Waals surface area (Å²) in [5.74, 6) is 0.160. The Hall–Kier alpha value is -2.74. The van der Waals surface area contributed by atoms with E-state index in [0.29, 0.717) is 17.0 Å². The molecule has 148 valence electrons. The zero-order valence-electron chi connectivity index (χ0n) is 16.2. The number of nitrogens with zero attached hydrogens (tertiary/aromatic N) is 2. The molecule has 7 nitrogen and oxygen atoms in total. The minimum Gasteiger partial charge on any atom is -0.483 e. The third-order valence-electron chi connectivity index (χ3n) is 4.00. The Kier molecular flexibility index (Phi) is 6.90. The fraction of sp³-hybridized carbons (Fsp3) is 0.300. The van der Waals surface area contributed by atoms with E-state index in [1.165, 1.54) is 12.1 Å². The molecule has 0 unspecified atom stereocenters. The Morgan fingerprint density at radius 2 is 1.86 bits per heavy atom. The molecule has 0 bridgehead atoms. The van der Waals surface area contributed by atoms with Crippen LogP contribution in [0.5, 0.6) is 5.75 Å². The maximum Gasteiger partial charge on any atom is 0.277 e. The van der Waals surface area contributed by atoms with Gasteiger partial charge in [0.2, 0.25) is 0 Å². The van der Waals surface area contributed by atoms with Gasteiger partial charge < -0.3 is 4.74 Å².